The van der Waals surface area contributed by atoms with Crippen LogP contribution in [0.4, 0.5) is 0 Å². The second-order valence-corrected chi connectivity index (χ2v) is 6.39. The largest absolute Gasteiger partial charge is 0.369 e. The van der Waals surface area contributed by atoms with Crippen LogP contribution in [0.25, 0.3) is 0 Å². The van der Waals surface area contributed by atoms with Crippen LogP contribution in [0, 0.1) is 17.3 Å². The number of piperidine rings is 2. The quantitative estimate of drug-likeness (QED) is 0.743. The van der Waals surface area contributed by atoms with E-state index < -0.39 is 0 Å². The second-order valence-electron chi connectivity index (χ2n) is 6.39. The van der Waals surface area contributed by atoms with Crippen LogP contribution in [0.15, 0.2) is 0 Å². The second kappa shape index (κ2) is 4.78. The number of hydrogen-bond donors (Lipinski definition) is 2. The number of hydrogen-bond acceptors (Lipinski definition) is 3. The van der Waals surface area contributed by atoms with Gasteiger partial charge in [0.15, 0.2) is 0 Å². The summed E-state index contributed by atoms with van der Waals surface area (Å²) in [7, 11) is 0. The highest BCUT2D eigenvalue weighted by atomic mass is 16.2. The van der Waals surface area contributed by atoms with Gasteiger partial charge in [-0.15, -0.1) is 0 Å². The van der Waals surface area contributed by atoms with Crippen molar-refractivity contribution in [1.82, 2.24) is 10.2 Å². The highest BCUT2D eigenvalue weighted by Crippen LogP contribution is 2.59. The van der Waals surface area contributed by atoms with Gasteiger partial charge in [0, 0.05) is 19.0 Å². The van der Waals surface area contributed by atoms with E-state index in [-0.39, 0.29) is 29.1 Å². The predicted molar refractivity (Wildman–Crippen MR) is 71.1 cm³/mol. The Bertz CT molecular complexity index is 390. The van der Waals surface area contributed by atoms with Gasteiger partial charge in [0.25, 0.3) is 0 Å². The van der Waals surface area contributed by atoms with E-state index in [4.69, 9.17) is 5.73 Å². The highest BCUT2D eigenvalue weighted by Gasteiger charge is 2.58. The van der Waals surface area contributed by atoms with Gasteiger partial charge in [-0.05, 0) is 50.6 Å². The van der Waals surface area contributed by atoms with E-state index in [9.17, 15) is 9.59 Å². The minimum absolute atomic E-state index is 0.138. The molecular formula is C14H23N3O2. The molecule has 5 nitrogen and oxygen atoms in total. The number of nitrogens with zero attached hydrogens (tertiary/aromatic N) is 1. The van der Waals surface area contributed by atoms with Gasteiger partial charge in [0.1, 0.15) is 0 Å². The Balaban J connectivity index is 1.60. The Morgan fingerprint density at radius 3 is 2.68 bits per heavy atom. The Hall–Kier alpha value is -1.10. The minimum Gasteiger partial charge on any atom is -0.369 e. The number of nitrogens with two attached hydrogens (primary N) is 1. The van der Waals surface area contributed by atoms with Gasteiger partial charge in [-0.1, -0.05) is 0 Å². The lowest BCUT2D eigenvalue weighted by Gasteiger charge is -2.32. The van der Waals surface area contributed by atoms with Crippen molar-refractivity contribution in [2.45, 2.75) is 32.1 Å². The normalized spacial score (nSPS) is 33.2. The van der Waals surface area contributed by atoms with Gasteiger partial charge in [0.05, 0.1) is 5.92 Å². The van der Waals surface area contributed by atoms with Crippen molar-refractivity contribution >= 4 is 11.8 Å². The van der Waals surface area contributed by atoms with Gasteiger partial charge in [-0.25, -0.2) is 0 Å². The third-order valence-corrected chi connectivity index (χ3v) is 5.22. The van der Waals surface area contributed by atoms with E-state index in [1.54, 1.807) is 0 Å². The van der Waals surface area contributed by atoms with Gasteiger partial charge >= 0.3 is 0 Å². The van der Waals surface area contributed by atoms with Crippen LogP contribution in [-0.2, 0) is 9.59 Å². The SMILES string of the molecule is NC(=O)C1CCCN(C(=O)C2CC23CCNCC3)C1. The number of rotatable bonds is 2. The van der Waals surface area contributed by atoms with Crippen LogP contribution in [0.3, 0.4) is 0 Å². The molecule has 2 atom stereocenters. The maximum Gasteiger partial charge on any atom is 0.226 e. The standard InChI is InChI=1S/C14H23N3O2/c15-12(18)10-2-1-7-17(9-10)13(19)11-8-14(11)3-5-16-6-4-14/h10-11,16H,1-9H2,(H2,15,18). The van der Waals surface area contributed by atoms with E-state index >= 15 is 0 Å². The molecule has 3 rings (SSSR count). The van der Waals surface area contributed by atoms with Crippen molar-refractivity contribution in [3.63, 3.8) is 0 Å². The fourth-order valence-corrected chi connectivity index (χ4v) is 3.80. The fourth-order valence-electron chi connectivity index (χ4n) is 3.80. The number of likely N-dealkylation sites (tertiary alicyclic amines) is 1. The summed E-state index contributed by atoms with van der Waals surface area (Å²) in [6, 6.07) is 0. The molecule has 3 aliphatic rings. The first-order valence-electron chi connectivity index (χ1n) is 7.41. The molecular weight excluding hydrogens is 242 g/mol. The Morgan fingerprint density at radius 2 is 2.00 bits per heavy atom. The highest BCUT2D eigenvalue weighted by molar-refractivity contribution is 5.84. The monoisotopic (exact) mass is 265 g/mol. The fraction of sp³-hybridized carbons (Fsp3) is 0.857. The molecule has 0 aromatic heterocycles. The molecule has 19 heavy (non-hydrogen) atoms. The van der Waals surface area contributed by atoms with Crippen LogP contribution < -0.4 is 11.1 Å². The summed E-state index contributed by atoms with van der Waals surface area (Å²) in [5, 5.41) is 3.36. The molecule has 2 aliphatic heterocycles. The summed E-state index contributed by atoms with van der Waals surface area (Å²) >= 11 is 0. The van der Waals surface area contributed by atoms with Crippen LogP contribution in [-0.4, -0.2) is 42.9 Å². The number of nitrogens with one attached hydrogen (secondary N) is 1. The molecule has 1 saturated carbocycles. The van der Waals surface area contributed by atoms with Crippen molar-refractivity contribution in [2.75, 3.05) is 26.2 Å². The number of amides is 2. The van der Waals surface area contributed by atoms with Crippen molar-refractivity contribution in [3.05, 3.63) is 0 Å². The summed E-state index contributed by atoms with van der Waals surface area (Å²) in [6.07, 6.45) is 5.03. The van der Waals surface area contributed by atoms with Gasteiger partial charge in [0.2, 0.25) is 11.8 Å². The summed E-state index contributed by atoms with van der Waals surface area (Å²) in [6.45, 7) is 3.41. The first-order chi connectivity index (χ1) is 9.12. The molecule has 1 spiro atoms. The lowest BCUT2D eigenvalue weighted by Crippen LogP contribution is -2.45. The summed E-state index contributed by atoms with van der Waals surface area (Å²) in [5.74, 6) is 0.0828. The topological polar surface area (TPSA) is 75.4 Å². The smallest absolute Gasteiger partial charge is 0.226 e. The maximum atomic E-state index is 12.6. The van der Waals surface area contributed by atoms with Crippen LogP contribution in [0.5, 0.6) is 0 Å². The Kier molecular flexibility index (Phi) is 3.25. The Morgan fingerprint density at radius 1 is 1.26 bits per heavy atom. The molecule has 0 radical (unpaired) electrons. The lowest BCUT2D eigenvalue weighted by molar-refractivity contribution is -0.137. The van der Waals surface area contributed by atoms with E-state index in [1.807, 2.05) is 4.90 Å². The van der Waals surface area contributed by atoms with Crippen LogP contribution in [0.1, 0.15) is 32.1 Å². The average Bonchev–Trinajstić information content (AvgIpc) is 3.12. The zero-order valence-corrected chi connectivity index (χ0v) is 11.4. The Labute approximate surface area is 113 Å². The molecule has 0 aromatic rings. The van der Waals surface area contributed by atoms with Gasteiger partial charge in [-0.2, -0.15) is 0 Å². The molecule has 3 N–H and O–H groups in total. The molecule has 3 fully saturated rings. The van der Waals surface area contributed by atoms with Crippen LogP contribution in [0.2, 0.25) is 0 Å². The summed E-state index contributed by atoms with van der Waals surface area (Å²) < 4.78 is 0. The third-order valence-electron chi connectivity index (χ3n) is 5.22. The molecule has 1 aliphatic carbocycles. The summed E-state index contributed by atoms with van der Waals surface area (Å²) in [5.41, 5.74) is 5.65. The molecule has 2 saturated heterocycles. The lowest BCUT2D eigenvalue weighted by atomic mass is 9.91. The zero-order valence-electron chi connectivity index (χ0n) is 11.4. The van der Waals surface area contributed by atoms with Gasteiger partial charge in [-0.3, -0.25) is 9.59 Å². The number of primary amides is 1. The summed E-state index contributed by atoms with van der Waals surface area (Å²) in [4.78, 5) is 25.7. The maximum absolute atomic E-state index is 12.6. The zero-order chi connectivity index (χ0) is 13.5. The molecule has 2 amide bonds. The van der Waals surface area contributed by atoms with Crippen molar-refractivity contribution in [1.29, 1.82) is 0 Å². The van der Waals surface area contributed by atoms with Crippen LogP contribution >= 0.6 is 0 Å². The number of carbonyl (C=O) groups excluding carboxylic acids is 2. The van der Waals surface area contributed by atoms with Crippen molar-refractivity contribution < 1.29 is 9.59 Å². The molecule has 2 unspecified atom stereocenters. The van der Waals surface area contributed by atoms with E-state index in [2.05, 4.69) is 5.32 Å². The molecule has 5 heteroatoms. The molecule has 106 valence electrons. The first-order valence-corrected chi connectivity index (χ1v) is 7.41. The first kappa shape index (κ1) is 12.9. The molecule has 0 bridgehead atoms. The van der Waals surface area contributed by atoms with E-state index in [0.29, 0.717) is 6.54 Å². The molecule has 2 heterocycles. The molecule has 0 aromatic carbocycles. The number of carbonyl (C=O) groups is 2. The average molecular weight is 265 g/mol. The third kappa shape index (κ3) is 2.36. The van der Waals surface area contributed by atoms with Gasteiger partial charge < -0.3 is 16.0 Å². The van der Waals surface area contributed by atoms with Crippen molar-refractivity contribution in [2.24, 2.45) is 23.0 Å². The predicted octanol–water partition coefficient (Wildman–Crippen LogP) is 0.1000. The van der Waals surface area contributed by atoms with Crippen molar-refractivity contribution in [3.8, 4) is 0 Å². The minimum atomic E-state index is -0.259. The van der Waals surface area contributed by atoms with E-state index in [0.717, 1.165) is 51.7 Å². The van der Waals surface area contributed by atoms with E-state index in [1.165, 1.54) is 0 Å².